The Morgan fingerprint density at radius 1 is 0.952 bits per heavy atom. The fourth-order valence-corrected chi connectivity index (χ4v) is 3.12. The summed E-state index contributed by atoms with van der Waals surface area (Å²) >= 11 is 0. The Morgan fingerprint density at radius 2 is 1.62 bits per heavy atom. The summed E-state index contributed by atoms with van der Waals surface area (Å²) in [5.41, 5.74) is 2.27. The molecule has 0 amide bonds. The van der Waals surface area contributed by atoms with Crippen LogP contribution in [0.4, 0.5) is 0 Å². The number of rotatable bonds is 11. The highest BCUT2D eigenvalue weighted by molar-refractivity contribution is 7.89. The van der Waals surface area contributed by atoms with E-state index in [0.717, 1.165) is 37.9 Å². The van der Waals surface area contributed by atoms with Crippen LogP contribution in [0.15, 0.2) is 24.3 Å². The van der Waals surface area contributed by atoms with E-state index >= 15 is 0 Å². The summed E-state index contributed by atoms with van der Waals surface area (Å²) < 4.78 is 26.4. The van der Waals surface area contributed by atoms with Gasteiger partial charge in [0, 0.05) is 6.54 Å². The molecule has 1 aromatic rings. The second-order valence-electron chi connectivity index (χ2n) is 5.27. The lowest BCUT2D eigenvalue weighted by Gasteiger charge is -2.08. The highest BCUT2D eigenvalue weighted by atomic mass is 32.2. The Bertz CT molecular complexity index is 484. The monoisotopic (exact) mass is 312 g/mol. The zero-order valence-electron chi connectivity index (χ0n) is 13.2. The number of hydrogen-bond donors (Lipinski definition) is 2. The molecule has 1 rings (SSSR count). The lowest BCUT2D eigenvalue weighted by molar-refractivity contribution is 0.572. The maximum absolute atomic E-state index is 11.9. The van der Waals surface area contributed by atoms with Gasteiger partial charge in [0.05, 0.1) is 5.75 Å². The summed E-state index contributed by atoms with van der Waals surface area (Å²) in [6, 6.07) is 8.05. The number of benzene rings is 1. The molecule has 0 fully saturated rings. The second-order valence-corrected chi connectivity index (χ2v) is 7.19. The highest BCUT2D eigenvalue weighted by Gasteiger charge is 2.09. The maximum atomic E-state index is 11.9. The van der Waals surface area contributed by atoms with Crippen LogP contribution in [-0.2, 0) is 23.0 Å². The summed E-state index contributed by atoms with van der Waals surface area (Å²) in [6.07, 6.45) is 3.70. The third-order valence-electron chi connectivity index (χ3n) is 3.37. The Labute approximate surface area is 129 Å². The molecule has 0 saturated heterocycles. The molecule has 120 valence electrons. The predicted octanol–water partition coefficient (Wildman–Crippen LogP) is 2.45. The van der Waals surface area contributed by atoms with E-state index < -0.39 is 10.0 Å². The van der Waals surface area contributed by atoms with Crippen molar-refractivity contribution in [1.82, 2.24) is 10.0 Å². The summed E-state index contributed by atoms with van der Waals surface area (Å²) in [6.45, 7) is 6.49. The fraction of sp³-hybridized carbons (Fsp3) is 0.625. The second kappa shape index (κ2) is 9.92. The van der Waals surface area contributed by atoms with Crippen molar-refractivity contribution in [2.45, 2.75) is 46.1 Å². The third kappa shape index (κ3) is 8.19. The van der Waals surface area contributed by atoms with Crippen LogP contribution in [0.1, 0.15) is 44.2 Å². The number of aryl methyl sites for hydroxylation is 1. The molecule has 5 heteroatoms. The van der Waals surface area contributed by atoms with Crippen LogP contribution in [0.25, 0.3) is 0 Å². The van der Waals surface area contributed by atoms with Gasteiger partial charge in [-0.2, -0.15) is 0 Å². The molecule has 0 aliphatic heterocycles. The van der Waals surface area contributed by atoms with Gasteiger partial charge in [-0.1, -0.05) is 38.1 Å². The van der Waals surface area contributed by atoms with Crippen molar-refractivity contribution < 1.29 is 8.42 Å². The van der Waals surface area contributed by atoms with Gasteiger partial charge in [0.1, 0.15) is 0 Å². The van der Waals surface area contributed by atoms with Crippen LogP contribution in [0, 0.1) is 0 Å². The van der Waals surface area contributed by atoms with E-state index in [1.165, 1.54) is 5.56 Å². The number of unbranched alkanes of at least 4 members (excludes halogenated alkanes) is 1. The van der Waals surface area contributed by atoms with E-state index in [1.807, 2.05) is 24.3 Å². The zero-order chi connectivity index (χ0) is 15.6. The molecule has 0 aliphatic carbocycles. The average molecular weight is 312 g/mol. The Kier molecular flexibility index (Phi) is 8.57. The normalized spacial score (nSPS) is 11.7. The minimum Gasteiger partial charge on any atom is -0.317 e. The van der Waals surface area contributed by atoms with Crippen molar-refractivity contribution in [2.24, 2.45) is 0 Å². The SMILES string of the molecule is CCCNCCCCS(=O)(=O)NCc1ccc(CC)cc1. The van der Waals surface area contributed by atoms with Gasteiger partial charge in [-0.25, -0.2) is 13.1 Å². The molecule has 0 aromatic heterocycles. The molecule has 0 saturated carbocycles. The van der Waals surface area contributed by atoms with Crippen molar-refractivity contribution in [1.29, 1.82) is 0 Å². The van der Waals surface area contributed by atoms with Crippen LogP contribution in [0.3, 0.4) is 0 Å². The van der Waals surface area contributed by atoms with Gasteiger partial charge in [-0.3, -0.25) is 0 Å². The Balaban J connectivity index is 2.25. The van der Waals surface area contributed by atoms with Crippen LogP contribution >= 0.6 is 0 Å². The molecule has 0 spiro atoms. The summed E-state index contributed by atoms with van der Waals surface area (Å²) in [5, 5.41) is 3.27. The molecule has 0 bridgehead atoms. The lowest BCUT2D eigenvalue weighted by atomic mass is 10.1. The van der Waals surface area contributed by atoms with Gasteiger partial charge in [0.25, 0.3) is 0 Å². The van der Waals surface area contributed by atoms with Crippen LogP contribution in [0.2, 0.25) is 0 Å². The summed E-state index contributed by atoms with van der Waals surface area (Å²) in [5.74, 6) is 0.202. The molecule has 0 unspecified atom stereocenters. The first-order valence-electron chi connectivity index (χ1n) is 7.83. The fourth-order valence-electron chi connectivity index (χ4n) is 2.00. The standard InChI is InChI=1S/C16H28N2O2S/c1-3-11-17-12-5-6-13-21(19,20)18-14-16-9-7-15(4-2)8-10-16/h7-10,17-18H,3-6,11-14H2,1-2H3. The quantitative estimate of drug-likeness (QED) is 0.617. The topological polar surface area (TPSA) is 58.2 Å². The van der Waals surface area contributed by atoms with E-state index in [0.29, 0.717) is 13.0 Å². The summed E-state index contributed by atoms with van der Waals surface area (Å²) in [4.78, 5) is 0. The first-order chi connectivity index (χ1) is 10.1. The molecule has 0 radical (unpaired) electrons. The highest BCUT2D eigenvalue weighted by Crippen LogP contribution is 2.05. The predicted molar refractivity (Wildman–Crippen MR) is 88.8 cm³/mol. The molecule has 21 heavy (non-hydrogen) atoms. The van der Waals surface area contributed by atoms with E-state index in [-0.39, 0.29) is 5.75 Å². The number of nitrogens with one attached hydrogen (secondary N) is 2. The third-order valence-corrected chi connectivity index (χ3v) is 4.78. The van der Waals surface area contributed by atoms with E-state index in [9.17, 15) is 8.42 Å². The van der Waals surface area contributed by atoms with Crippen LogP contribution in [-0.4, -0.2) is 27.3 Å². The smallest absolute Gasteiger partial charge is 0.211 e. The van der Waals surface area contributed by atoms with Crippen molar-refractivity contribution in [2.75, 3.05) is 18.8 Å². The minimum atomic E-state index is -3.17. The van der Waals surface area contributed by atoms with Crippen LogP contribution in [0.5, 0.6) is 0 Å². The van der Waals surface area contributed by atoms with Crippen molar-refractivity contribution >= 4 is 10.0 Å². The molecular formula is C16H28N2O2S. The van der Waals surface area contributed by atoms with Gasteiger partial charge in [-0.15, -0.1) is 0 Å². The lowest BCUT2D eigenvalue weighted by Crippen LogP contribution is -2.26. The van der Waals surface area contributed by atoms with Gasteiger partial charge >= 0.3 is 0 Å². The first-order valence-corrected chi connectivity index (χ1v) is 9.48. The van der Waals surface area contributed by atoms with E-state index in [1.54, 1.807) is 0 Å². The number of sulfonamides is 1. The summed E-state index contributed by atoms with van der Waals surface area (Å²) in [7, 11) is -3.17. The van der Waals surface area contributed by atoms with Gasteiger partial charge in [0.15, 0.2) is 0 Å². The molecule has 1 aromatic carbocycles. The maximum Gasteiger partial charge on any atom is 0.211 e. The molecule has 0 atom stereocenters. The molecule has 0 heterocycles. The first kappa shape index (κ1) is 18.1. The Morgan fingerprint density at radius 3 is 2.24 bits per heavy atom. The average Bonchev–Trinajstić information content (AvgIpc) is 2.49. The van der Waals surface area contributed by atoms with E-state index in [2.05, 4.69) is 23.9 Å². The van der Waals surface area contributed by atoms with Crippen molar-refractivity contribution in [3.63, 3.8) is 0 Å². The van der Waals surface area contributed by atoms with Gasteiger partial charge < -0.3 is 5.32 Å². The zero-order valence-corrected chi connectivity index (χ0v) is 14.0. The Hall–Kier alpha value is -0.910. The van der Waals surface area contributed by atoms with Gasteiger partial charge in [0.2, 0.25) is 10.0 Å². The van der Waals surface area contributed by atoms with Crippen molar-refractivity contribution in [3.8, 4) is 0 Å². The molecular weight excluding hydrogens is 284 g/mol. The minimum absolute atomic E-state index is 0.202. The van der Waals surface area contributed by atoms with Crippen molar-refractivity contribution in [3.05, 3.63) is 35.4 Å². The molecule has 4 nitrogen and oxygen atoms in total. The molecule has 0 aliphatic rings. The van der Waals surface area contributed by atoms with E-state index in [4.69, 9.17) is 0 Å². The van der Waals surface area contributed by atoms with Crippen LogP contribution < -0.4 is 10.0 Å². The van der Waals surface area contributed by atoms with Gasteiger partial charge in [-0.05, 0) is 49.9 Å². The largest absolute Gasteiger partial charge is 0.317 e. The molecule has 2 N–H and O–H groups in total. The number of hydrogen-bond acceptors (Lipinski definition) is 3.